The first-order chi connectivity index (χ1) is 5.69. The zero-order chi connectivity index (χ0) is 10.7. The second-order valence-electron chi connectivity index (χ2n) is 4.71. The normalized spacial score (nSPS) is 13.1. The maximum atomic E-state index is 11.6. The van der Waals surface area contributed by atoms with Gasteiger partial charge in [-0.1, -0.05) is 20.8 Å². The molecule has 0 radical (unpaired) electrons. The monoisotopic (exact) mass is 187 g/mol. The summed E-state index contributed by atoms with van der Waals surface area (Å²) < 4.78 is -0.383. The van der Waals surface area contributed by atoms with Crippen molar-refractivity contribution in [1.82, 2.24) is 0 Å². The average Bonchev–Trinajstić information content (AvgIpc) is 1.98. The van der Waals surface area contributed by atoms with Crippen LogP contribution in [-0.4, -0.2) is 31.1 Å². The summed E-state index contributed by atoms with van der Waals surface area (Å²) in [5, 5.41) is 11.2. The van der Waals surface area contributed by atoms with E-state index in [9.17, 15) is 10.0 Å². The van der Waals surface area contributed by atoms with Crippen LogP contribution in [0.1, 0.15) is 33.6 Å². The maximum Gasteiger partial charge on any atom is 0.144 e. The van der Waals surface area contributed by atoms with Crippen LogP contribution < -0.4 is 0 Å². The fourth-order valence-corrected chi connectivity index (χ4v) is 0.906. The molecule has 0 saturated heterocycles. The second-order valence-corrected chi connectivity index (χ2v) is 4.71. The van der Waals surface area contributed by atoms with Gasteiger partial charge in [0.05, 0.1) is 27.1 Å². The molecule has 0 amide bonds. The smallest absolute Gasteiger partial charge is 0.144 e. The number of hydrogen-bond donors (Lipinski definition) is 0. The zero-order valence-electron chi connectivity index (χ0n) is 9.39. The van der Waals surface area contributed by atoms with Gasteiger partial charge in [-0.15, -0.1) is 0 Å². The highest BCUT2D eigenvalue weighted by molar-refractivity contribution is 5.84. The van der Waals surface area contributed by atoms with E-state index in [-0.39, 0.29) is 15.8 Å². The topological polar surface area (TPSA) is 40.1 Å². The molecule has 0 spiro atoms. The van der Waals surface area contributed by atoms with Gasteiger partial charge in [0.25, 0.3) is 0 Å². The number of carbonyl (C=O) groups is 1. The van der Waals surface area contributed by atoms with Crippen LogP contribution in [0.25, 0.3) is 0 Å². The lowest BCUT2D eigenvalue weighted by molar-refractivity contribution is -0.839. The van der Waals surface area contributed by atoms with Gasteiger partial charge >= 0.3 is 0 Å². The van der Waals surface area contributed by atoms with Crippen molar-refractivity contribution in [1.29, 1.82) is 0 Å². The summed E-state index contributed by atoms with van der Waals surface area (Å²) in [7, 11) is 3.12. The van der Waals surface area contributed by atoms with Gasteiger partial charge in [-0.2, -0.15) is 0 Å². The van der Waals surface area contributed by atoms with Crippen molar-refractivity contribution in [2.45, 2.75) is 33.6 Å². The molecule has 78 valence electrons. The van der Waals surface area contributed by atoms with E-state index in [1.165, 1.54) is 0 Å². The molecule has 0 heterocycles. The molecule has 0 aromatic carbocycles. The SMILES string of the molecule is CCC(C)(C)C(=O)CC[N+](C)(C)[O-]. The van der Waals surface area contributed by atoms with E-state index >= 15 is 0 Å². The van der Waals surface area contributed by atoms with Crippen LogP contribution >= 0.6 is 0 Å². The van der Waals surface area contributed by atoms with Crippen molar-refractivity contribution in [2.75, 3.05) is 20.6 Å². The van der Waals surface area contributed by atoms with Crippen LogP contribution in [0.3, 0.4) is 0 Å². The van der Waals surface area contributed by atoms with Gasteiger partial charge in [0.2, 0.25) is 0 Å². The quantitative estimate of drug-likeness (QED) is 0.487. The lowest BCUT2D eigenvalue weighted by Gasteiger charge is -2.34. The Morgan fingerprint density at radius 2 is 1.85 bits per heavy atom. The van der Waals surface area contributed by atoms with Gasteiger partial charge in [-0.25, -0.2) is 0 Å². The van der Waals surface area contributed by atoms with Crippen molar-refractivity contribution < 1.29 is 9.44 Å². The highest BCUT2D eigenvalue weighted by Crippen LogP contribution is 2.22. The molecule has 0 aromatic heterocycles. The van der Waals surface area contributed by atoms with E-state index in [1.807, 2.05) is 20.8 Å². The van der Waals surface area contributed by atoms with Crippen LogP contribution in [-0.2, 0) is 4.79 Å². The molecule has 13 heavy (non-hydrogen) atoms. The Labute approximate surface area is 80.9 Å². The fraction of sp³-hybridized carbons (Fsp3) is 0.900. The molecular formula is C10H21NO2. The second kappa shape index (κ2) is 4.20. The number of ketones is 1. The third kappa shape index (κ3) is 5.01. The molecule has 0 rings (SSSR count). The summed E-state index contributed by atoms with van der Waals surface area (Å²) in [6, 6.07) is 0. The number of nitrogens with zero attached hydrogens (tertiary/aromatic N) is 1. The van der Waals surface area contributed by atoms with Crippen molar-refractivity contribution in [3.8, 4) is 0 Å². The van der Waals surface area contributed by atoms with Crippen molar-refractivity contribution in [3.63, 3.8) is 0 Å². The Morgan fingerprint density at radius 1 is 1.38 bits per heavy atom. The molecule has 0 fully saturated rings. The Morgan fingerprint density at radius 3 is 2.15 bits per heavy atom. The predicted octanol–water partition coefficient (Wildman–Crippen LogP) is 1.96. The standard InChI is InChI=1S/C10H21NO2/c1-6-10(2,3)9(12)7-8-11(4,5)13/h6-8H2,1-5H3. The molecule has 0 aliphatic heterocycles. The highest BCUT2D eigenvalue weighted by atomic mass is 16.5. The minimum atomic E-state index is -0.383. The molecule has 0 saturated carbocycles. The summed E-state index contributed by atoms with van der Waals surface area (Å²) in [6.45, 7) is 6.23. The van der Waals surface area contributed by atoms with Gasteiger partial charge < -0.3 is 9.85 Å². The van der Waals surface area contributed by atoms with E-state index in [4.69, 9.17) is 0 Å². The number of hydroxylamine groups is 3. The third-order valence-electron chi connectivity index (χ3n) is 2.52. The highest BCUT2D eigenvalue weighted by Gasteiger charge is 2.25. The van der Waals surface area contributed by atoms with Crippen molar-refractivity contribution >= 4 is 5.78 Å². The Kier molecular flexibility index (Phi) is 4.07. The van der Waals surface area contributed by atoms with Gasteiger partial charge in [0, 0.05) is 5.41 Å². The molecule has 0 unspecified atom stereocenters. The predicted molar refractivity (Wildman–Crippen MR) is 54.0 cm³/mol. The van der Waals surface area contributed by atoms with Gasteiger partial charge in [0.1, 0.15) is 5.78 Å². The Hall–Kier alpha value is -0.410. The molecule has 0 atom stereocenters. The minimum absolute atomic E-state index is 0.192. The molecule has 0 aromatic rings. The molecular weight excluding hydrogens is 166 g/mol. The fourth-order valence-electron chi connectivity index (χ4n) is 0.906. The van der Waals surface area contributed by atoms with E-state index < -0.39 is 0 Å². The zero-order valence-corrected chi connectivity index (χ0v) is 9.39. The molecule has 0 N–H and O–H groups in total. The minimum Gasteiger partial charge on any atom is -0.633 e. The van der Waals surface area contributed by atoms with Gasteiger partial charge in [-0.05, 0) is 6.42 Å². The van der Waals surface area contributed by atoms with Crippen LogP contribution in [0.2, 0.25) is 0 Å². The Bertz CT molecular complexity index is 180. The van der Waals surface area contributed by atoms with E-state index in [0.29, 0.717) is 13.0 Å². The molecule has 0 bridgehead atoms. The molecule has 0 aliphatic rings. The average molecular weight is 187 g/mol. The van der Waals surface area contributed by atoms with Crippen molar-refractivity contribution in [3.05, 3.63) is 5.21 Å². The van der Waals surface area contributed by atoms with Crippen LogP contribution in [0.15, 0.2) is 0 Å². The van der Waals surface area contributed by atoms with Crippen LogP contribution in [0.5, 0.6) is 0 Å². The first kappa shape index (κ1) is 12.6. The summed E-state index contributed by atoms with van der Waals surface area (Å²) in [4.78, 5) is 11.6. The summed E-state index contributed by atoms with van der Waals surface area (Å²) in [6.07, 6.45) is 1.22. The first-order valence-corrected chi connectivity index (χ1v) is 4.76. The van der Waals surface area contributed by atoms with E-state index in [1.54, 1.807) is 14.1 Å². The molecule has 3 heteroatoms. The van der Waals surface area contributed by atoms with E-state index in [2.05, 4.69) is 0 Å². The van der Waals surface area contributed by atoms with Gasteiger partial charge in [0.15, 0.2) is 0 Å². The summed E-state index contributed by atoms with van der Waals surface area (Å²) >= 11 is 0. The number of carbonyl (C=O) groups excluding carboxylic acids is 1. The lowest BCUT2D eigenvalue weighted by atomic mass is 9.84. The molecule has 0 aliphatic carbocycles. The van der Waals surface area contributed by atoms with Crippen LogP contribution in [0.4, 0.5) is 0 Å². The number of Topliss-reactive ketones (excluding diaryl/α,β-unsaturated/α-hetero) is 1. The number of quaternary nitrogens is 1. The first-order valence-electron chi connectivity index (χ1n) is 4.76. The largest absolute Gasteiger partial charge is 0.633 e. The lowest BCUT2D eigenvalue weighted by Crippen LogP contribution is -2.36. The van der Waals surface area contributed by atoms with E-state index in [0.717, 1.165) is 6.42 Å². The van der Waals surface area contributed by atoms with Crippen LogP contribution in [0, 0.1) is 10.6 Å². The summed E-state index contributed by atoms with van der Waals surface area (Å²) in [5.41, 5.74) is -0.269. The Balaban J connectivity index is 4.03. The third-order valence-corrected chi connectivity index (χ3v) is 2.52. The number of rotatable bonds is 5. The maximum absolute atomic E-state index is 11.6. The van der Waals surface area contributed by atoms with Gasteiger partial charge in [-0.3, -0.25) is 4.79 Å². The number of hydrogen-bond acceptors (Lipinski definition) is 2. The molecule has 3 nitrogen and oxygen atoms in total. The van der Waals surface area contributed by atoms with Crippen molar-refractivity contribution in [2.24, 2.45) is 5.41 Å². The summed E-state index contributed by atoms with van der Waals surface area (Å²) in [5.74, 6) is 0.192.